The van der Waals surface area contributed by atoms with E-state index >= 15 is 0 Å². The lowest BCUT2D eigenvalue weighted by Gasteiger charge is -2.16. The molecule has 2 aromatic rings. The predicted molar refractivity (Wildman–Crippen MR) is 76.4 cm³/mol. The Bertz CT molecular complexity index is 575. The topological polar surface area (TPSA) is 53.1 Å². The first kappa shape index (κ1) is 13.6. The molecule has 0 fully saturated rings. The number of benzene rings is 1. The van der Waals surface area contributed by atoms with E-state index in [4.69, 9.17) is 10.5 Å². The summed E-state index contributed by atoms with van der Waals surface area (Å²) in [5, 5.41) is 4.45. The summed E-state index contributed by atoms with van der Waals surface area (Å²) < 4.78 is 7.19. The average molecular weight is 259 g/mol. The zero-order chi connectivity index (χ0) is 14.0. The Morgan fingerprint density at radius 1 is 1.32 bits per heavy atom. The molecule has 1 unspecified atom stereocenters. The van der Waals surface area contributed by atoms with Crippen molar-refractivity contribution >= 4 is 0 Å². The Morgan fingerprint density at radius 3 is 2.63 bits per heavy atom. The lowest BCUT2D eigenvalue weighted by molar-refractivity contribution is 0.414. The van der Waals surface area contributed by atoms with Crippen LogP contribution in [0.3, 0.4) is 0 Å². The molecule has 0 saturated heterocycles. The van der Waals surface area contributed by atoms with Crippen molar-refractivity contribution in [2.24, 2.45) is 5.73 Å². The highest BCUT2D eigenvalue weighted by atomic mass is 16.5. The third-order valence-electron chi connectivity index (χ3n) is 3.36. The van der Waals surface area contributed by atoms with Crippen molar-refractivity contribution in [3.63, 3.8) is 0 Å². The highest BCUT2D eigenvalue weighted by molar-refractivity contribution is 5.39. The van der Waals surface area contributed by atoms with Crippen LogP contribution in [0.25, 0.3) is 0 Å². The maximum Gasteiger partial charge on any atom is 0.119 e. The molecular weight excluding hydrogens is 238 g/mol. The first-order chi connectivity index (χ1) is 9.06. The minimum atomic E-state index is -0.160. The lowest BCUT2D eigenvalue weighted by Crippen LogP contribution is -2.18. The summed E-state index contributed by atoms with van der Waals surface area (Å²) in [6, 6.07) is 7.88. The molecule has 1 aromatic heterocycles. The zero-order valence-electron chi connectivity index (χ0n) is 12.0. The molecule has 0 amide bonds. The van der Waals surface area contributed by atoms with Crippen LogP contribution in [-0.4, -0.2) is 16.9 Å². The van der Waals surface area contributed by atoms with Gasteiger partial charge in [0.15, 0.2) is 0 Å². The molecule has 0 saturated carbocycles. The number of ether oxygens (including phenoxy) is 1. The van der Waals surface area contributed by atoms with Gasteiger partial charge in [-0.15, -0.1) is 0 Å². The first-order valence-electron chi connectivity index (χ1n) is 6.51. The molecule has 2 rings (SSSR count). The molecule has 0 radical (unpaired) electrons. The maximum atomic E-state index is 6.40. The van der Waals surface area contributed by atoms with E-state index in [-0.39, 0.29) is 6.04 Å². The molecule has 0 spiro atoms. The zero-order valence-corrected chi connectivity index (χ0v) is 12.0. The number of aryl methyl sites for hydroxylation is 3. The van der Waals surface area contributed by atoms with E-state index in [1.165, 1.54) is 0 Å². The van der Waals surface area contributed by atoms with Crippen molar-refractivity contribution in [3.8, 4) is 5.75 Å². The van der Waals surface area contributed by atoms with Gasteiger partial charge in [-0.1, -0.05) is 6.07 Å². The molecular formula is C15H21N3O. The molecule has 2 N–H and O–H groups in total. The van der Waals surface area contributed by atoms with Gasteiger partial charge in [0.05, 0.1) is 24.5 Å². The second-order valence-corrected chi connectivity index (χ2v) is 4.73. The standard InChI is InChI=1S/C15H21N3O/c1-5-18-14(9-11(3)17-18)15(16)13-7-6-12(19-4)8-10(13)2/h6-9,15H,5,16H2,1-4H3. The van der Waals surface area contributed by atoms with E-state index in [1.54, 1.807) is 7.11 Å². The number of methoxy groups -OCH3 is 1. The van der Waals surface area contributed by atoms with Crippen LogP contribution in [0.5, 0.6) is 5.75 Å². The van der Waals surface area contributed by atoms with Gasteiger partial charge in [-0.3, -0.25) is 4.68 Å². The molecule has 1 atom stereocenters. The van der Waals surface area contributed by atoms with E-state index in [0.29, 0.717) is 0 Å². The smallest absolute Gasteiger partial charge is 0.119 e. The summed E-state index contributed by atoms with van der Waals surface area (Å²) in [7, 11) is 1.67. The normalized spacial score (nSPS) is 12.5. The van der Waals surface area contributed by atoms with Crippen LogP contribution in [0.1, 0.15) is 35.5 Å². The Morgan fingerprint density at radius 2 is 2.05 bits per heavy atom. The van der Waals surface area contributed by atoms with Crippen LogP contribution in [0, 0.1) is 13.8 Å². The second-order valence-electron chi connectivity index (χ2n) is 4.73. The number of nitrogens with zero attached hydrogens (tertiary/aromatic N) is 2. The van der Waals surface area contributed by atoms with Crippen LogP contribution in [0.2, 0.25) is 0 Å². The number of hydrogen-bond acceptors (Lipinski definition) is 3. The van der Waals surface area contributed by atoms with Crippen LogP contribution in [0.15, 0.2) is 24.3 Å². The first-order valence-corrected chi connectivity index (χ1v) is 6.51. The fraction of sp³-hybridized carbons (Fsp3) is 0.400. The lowest BCUT2D eigenvalue weighted by atomic mass is 9.99. The van der Waals surface area contributed by atoms with Gasteiger partial charge in [0.2, 0.25) is 0 Å². The van der Waals surface area contributed by atoms with Crippen molar-refractivity contribution < 1.29 is 4.74 Å². The van der Waals surface area contributed by atoms with Crippen LogP contribution in [0.4, 0.5) is 0 Å². The fourth-order valence-corrected chi connectivity index (χ4v) is 2.35. The van der Waals surface area contributed by atoms with Gasteiger partial charge >= 0.3 is 0 Å². The van der Waals surface area contributed by atoms with Gasteiger partial charge in [-0.05, 0) is 50.1 Å². The Hall–Kier alpha value is -1.81. The van der Waals surface area contributed by atoms with Crippen LogP contribution < -0.4 is 10.5 Å². The van der Waals surface area contributed by atoms with E-state index in [2.05, 4.69) is 25.0 Å². The summed E-state index contributed by atoms with van der Waals surface area (Å²) in [6.45, 7) is 6.94. The van der Waals surface area contributed by atoms with Crippen LogP contribution in [-0.2, 0) is 6.54 Å². The SMILES string of the molecule is CCn1nc(C)cc1C(N)c1ccc(OC)cc1C. The predicted octanol–water partition coefficient (Wildman–Crippen LogP) is 2.58. The minimum absolute atomic E-state index is 0.160. The molecule has 0 aliphatic carbocycles. The molecule has 0 aliphatic heterocycles. The summed E-state index contributed by atoms with van der Waals surface area (Å²) in [5.74, 6) is 0.855. The number of nitrogens with two attached hydrogens (primary N) is 1. The van der Waals surface area contributed by atoms with Crippen molar-refractivity contribution in [2.75, 3.05) is 7.11 Å². The Labute approximate surface area is 114 Å². The van der Waals surface area contributed by atoms with E-state index in [9.17, 15) is 0 Å². The number of rotatable bonds is 4. The third kappa shape index (κ3) is 2.63. The quantitative estimate of drug-likeness (QED) is 0.918. The molecule has 0 aliphatic rings. The summed E-state index contributed by atoms with van der Waals surface area (Å²) in [6.07, 6.45) is 0. The molecule has 4 heteroatoms. The van der Waals surface area contributed by atoms with Gasteiger partial charge in [-0.2, -0.15) is 5.10 Å². The number of hydrogen-bond donors (Lipinski definition) is 1. The van der Waals surface area contributed by atoms with Crippen LogP contribution >= 0.6 is 0 Å². The average Bonchev–Trinajstić information content (AvgIpc) is 2.79. The molecule has 1 heterocycles. The highest BCUT2D eigenvalue weighted by Crippen LogP contribution is 2.26. The van der Waals surface area contributed by atoms with Gasteiger partial charge in [0, 0.05) is 6.54 Å². The van der Waals surface area contributed by atoms with E-state index in [0.717, 1.165) is 34.8 Å². The molecule has 1 aromatic carbocycles. The van der Waals surface area contributed by atoms with Gasteiger partial charge in [-0.25, -0.2) is 0 Å². The molecule has 0 bridgehead atoms. The van der Waals surface area contributed by atoms with Crippen molar-refractivity contribution in [1.82, 2.24) is 9.78 Å². The molecule has 19 heavy (non-hydrogen) atoms. The van der Waals surface area contributed by atoms with Gasteiger partial charge in [0.1, 0.15) is 5.75 Å². The largest absolute Gasteiger partial charge is 0.497 e. The fourth-order valence-electron chi connectivity index (χ4n) is 2.35. The highest BCUT2D eigenvalue weighted by Gasteiger charge is 2.17. The van der Waals surface area contributed by atoms with E-state index < -0.39 is 0 Å². The van der Waals surface area contributed by atoms with Crippen molar-refractivity contribution in [1.29, 1.82) is 0 Å². The summed E-state index contributed by atoms with van der Waals surface area (Å²) in [4.78, 5) is 0. The summed E-state index contributed by atoms with van der Waals surface area (Å²) >= 11 is 0. The third-order valence-corrected chi connectivity index (χ3v) is 3.36. The summed E-state index contributed by atoms with van der Waals surface area (Å²) in [5.41, 5.74) is 10.7. The second kappa shape index (κ2) is 5.45. The van der Waals surface area contributed by atoms with Crippen molar-refractivity contribution in [2.45, 2.75) is 33.4 Å². The maximum absolute atomic E-state index is 6.40. The van der Waals surface area contributed by atoms with Gasteiger partial charge in [0.25, 0.3) is 0 Å². The van der Waals surface area contributed by atoms with E-state index in [1.807, 2.05) is 29.8 Å². The Balaban J connectivity index is 2.40. The van der Waals surface area contributed by atoms with Crippen molar-refractivity contribution in [3.05, 3.63) is 46.8 Å². The molecule has 102 valence electrons. The number of aromatic nitrogens is 2. The molecule has 4 nitrogen and oxygen atoms in total. The van der Waals surface area contributed by atoms with Gasteiger partial charge < -0.3 is 10.5 Å². The minimum Gasteiger partial charge on any atom is -0.497 e. The monoisotopic (exact) mass is 259 g/mol. The Kier molecular flexibility index (Phi) is 3.90.